The summed E-state index contributed by atoms with van der Waals surface area (Å²) in [6.07, 6.45) is 5.09. The second kappa shape index (κ2) is 8.09. The molecule has 0 spiro atoms. The SMILES string of the molecule is O=C(C=Cc1cccc(C(=O)NN=Cc2ccc3c(c2)CCO3)c1)NO. The van der Waals surface area contributed by atoms with Gasteiger partial charge in [-0.15, -0.1) is 0 Å². The van der Waals surface area contributed by atoms with Crippen molar-refractivity contribution in [2.24, 2.45) is 5.10 Å². The van der Waals surface area contributed by atoms with Crippen LogP contribution in [0.5, 0.6) is 5.75 Å². The van der Waals surface area contributed by atoms with Gasteiger partial charge in [0.05, 0.1) is 12.8 Å². The molecule has 7 nitrogen and oxygen atoms in total. The van der Waals surface area contributed by atoms with Gasteiger partial charge in [-0.05, 0) is 53.1 Å². The van der Waals surface area contributed by atoms with Crippen LogP contribution in [0.25, 0.3) is 6.08 Å². The fraction of sp³-hybridized carbons (Fsp3) is 0.105. The number of amides is 2. The number of ether oxygens (including phenoxy) is 1. The first kappa shape index (κ1) is 17.4. The zero-order valence-electron chi connectivity index (χ0n) is 13.8. The minimum Gasteiger partial charge on any atom is -0.493 e. The molecule has 0 unspecified atom stereocenters. The number of fused-ring (bicyclic) bond motifs is 1. The number of benzene rings is 2. The van der Waals surface area contributed by atoms with E-state index in [1.54, 1.807) is 30.5 Å². The van der Waals surface area contributed by atoms with E-state index in [0.29, 0.717) is 17.7 Å². The molecule has 1 heterocycles. The first-order valence-corrected chi connectivity index (χ1v) is 7.97. The van der Waals surface area contributed by atoms with E-state index in [1.807, 2.05) is 18.2 Å². The van der Waals surface area contributed by atoms with Crippen molar-refractivity contribution < 1.29 is 19.5 Å². The lowest BCUT2D eigenvalue weighted by Crippen LogP contribution is -2.17. The van der Waals surface area contributed by atoms with Gasteiger partial charge in [0.25, 0.3) is 11.8 Å². The molecule has 0 aromatic heterocycles. The monoisotopic (exact) mass is 351 g/mol. The van der Waals surface area contributed by atoms with Crippen LogP contribution in [-0.2, 0) is 11.2 Å². The molecule has 1 aliphatic heterocycles. The summed E-state index contributed by atoms with van der Waals surface area (Å²) in [5.41, 5.74) is 7.02. The van der Waals surface area contributed by atoms with E-state index < -0.39 is 5.91 Å². The van der Waals surface area contributed by atoms with Gasteiger partial charge in [-0.3, -0.25) is 14.8 Å². The average molecular weight is 351 g/mol. The third kappa shape index (κ3) is 4.34. The fourth-order valence-electron chi connectivity index (χ4n) is 2.51. The quantitative estimate of drug-likeness (QED) is 0.331. The summed E-state index contributed by atoms with van der Waals surface area (Å²) in [5.74, 6) is -0.122. The Hall–Kier alpha value is -3.45. The van der Waals surface area contributed by atoms with E-state index >= 15 is 0 Å². The Balaban J connectivity index is 1.63. The summed E-state index contributed by atoms with van der Waals surface area (Å²) < 4.78 is 5.45. The van der Waals surface area contributed by atoms with Crippen molar-refractivity contribution in [3.8, 4) is 5.75 Å². The van der Waals surface area contributed by atoms with E-state index in [1.165, 1.54) is 11.6 Å². The predicted molar refractivity (Wildman–Crippen MR) is 96.1 cm³/mol. The van der Waals surface area contributed by atoms with E-state index in [-0.39, 0.29) is 5.91 Å². The topological polar surface area (TPSA) is 100 Å². The number of hydroxylamine groups is 1. The highest BCUT2D eigenvalue weighted by molar-refractivity contribution is 5.96. The van der Waals surface area contributed by atoms with Crippen molar-refractivity contribution in [3.05, 3.63) is 70.8 Å². The zero-order valence-corrected chi connectivity index (χ0v) is 13.8. The van der Waals surface area contributed by atoms with Crippen molar-refractivity contribution in [1.82, 2.24) is 10.9 Å². The first-order chi connectivity index (χ1) is 12.7. The van der Waals surface area contributed by atoms with Gasteiger partial charge in [0, 0.05) is 18.1 Å². The smallest absolute Gasteiger partial charge is 0.271 e. The number of carbonyl (C=O) groups is 2. The van der Waals surface area contributed by atoms with Gasteiger partial charge in [-0.1, -0.05) is 12.1 Å². The molecule has 0 saturated carbocycles. The van der Waals surface area contributed by atoms with Crippen LogP contribution in [0.15, 0.2) is 53.6 Å². The van der Waals surface area contributed by atoms with Gasteiger partial charge in [0.2, 0.25) is 0 Å². The van der Waals surface area contributed by atoms with Gasteiger partial charge in [-0.2, -0.15) is 5.10 Å². The summed E-state index contributed by atoms with van der Waals surface area (Å²) in [4.78, 5) is 23.2. The molecule has 0 aliphatic carbocycles. The second-order valence-corrected chi connectivity index (χ2v) is 5.60. The summed E-state index contributed by atoms with van der Waals surface area (Å²) in [5, 5.41) is 12.4. The first-order valence-electron chi connectivity index (χ1n) is 7.97. The number of carbonyl (C=O) groups excluding carboxylic acids is 2. The molecule has 3 N–H and O–H groups in total. The third-order valence-corrected chi connectivity index (χ3v) is 3.78. The molecule has 26 heavy (non-hydrogen) atoms. The molecule has 7 heteroatoms. The maximum atomic E-state index is 12.2. The Morgan fingerprint density at radius 2 is 2.04 bits per heavy atom. The number of rotatable bonds is 5. The van der Waals surface area contributed by atoms with Crippen LogP contribution in [-0.4, -0.2) is 29.8 Å². The minimum absolute atomic E-state index is 0.368. The summed E-state index contributed by atoms with van der Waals surface area (Å²) in [6.45, 7) is 0.692. The van der Waals surface area contributed by atoms with Gasteiger partial charge >= 0.3 is 0 Å². The van der Waals surface area contributed by atoms with Crippen LogP contribution >= 0.6 is 0 Å². The highest BCUT2D eigenvalue weighted by Crippen LogP contribution is 2.25. The molecule has 0 radical (unpaired) electrons. The van der Waals surface area contributed by atoms with Gasteiger partial charge in [-0.25, -0.2) is 10.9 Å². The molecule has 0 fully saturated rings. The lowest BCUT2D eigenvalue weighted by atomic mass is 10.1. The van der Waals surface area contributed by atoms with Crippen LogP contribution in [0.4, 0.5) is 0 Å². The predicted octanol–water partition coefficient (Wildman–Crippen LogP) is 1.90. The minimum atomic E-state index is -0.649. The highest BCUT2D eigenvalue weighted by Gasteiger charge is 2.11. The average Bonchev–Trinajstić information content (AvgIpc) is 3.14. The fourth-order valence-corrected chi connectivity index (χ4v) is 2.51. The number of hydrogen-bond donors (Lipinski definition) is 3. The van der Waals surface area contributed by atoms with Crippen molar-refractivity contribution in [2.75, 3.05) is 6.61 Å². The number of nitrogens with zero attached hydrogens (tertiary/aromatic N) is 1. The summed E-state index contributed by atoms with van der Waals surface area (Å²) >= 11 is 0. The van der Waals surface area contributed by atoms with E-state index in [2.05, 4.69) is 10.5 Å². The zero-order chi connectivity index (χ0) is 18.4. The van der Waals surface area contributed by atoms with E-state index in [0.717, 1.165) is 29.4 Å². The van der Waals surface area contributed by atoms with Gasteiger partial charge in [0.15, 0.2) is 0 Å². The van der Waals surface area contributed by atoms with Gasteiger partial charge < -0.3 is 4.74 Å². The summed E-state index contributed by atoms with van der Waals surface area (Å²) in [6, 6.07) is 12.4. The van der Waals surface area contributed by atoms with Crippen LogP contribution in [0, 0.1) is 0 Å². The highest BCUT2D eigenvalue weighted by atomic mass is 16.5. The van der Waals surface area contributed by atoms with Gasteiger partial charge in [0.1, 0.15) is 5.75 Å². The molecule has 0 atom stereocenters. The van der Waals surface area contributed by atoms with Crippen molar-refractivity contribution in [3.63, 3.8) is 0 Å². The van der Waals surface area contributed by atoms with Crippen molar-refractivity contribution in [1.29, 1.82) is 0 Å². The maximum Gasteiger partial charge on any atom is 0.271 e. The molecule has 2 amide bonds. The lowest BCUT2D eigenvalue weighted by molar-refractivity contribution is -0.124. The Bertz CT molecular complexity index is 890. The molecule has 2 aromatic carbocycles. The molecule has 0 saturated heterocycles. The van der Waals surface area contributed by atoms with E-state index in [9.17, 15) is 9.59 Å². The van der Waals surface area contributed by atoms with Crippen LogP contribution in [0.2, 0.25) is 0 Å². The van der Waals surface area contributed by atoms with Crippen LogP contribution in [0.1, 0.15) is 27.0 Å². The Morgan fingerprint density at radius 3 is 2.88 bits per heavy atom. The van der Waals surface area contributed by atoms with Crippen molar-refractivity contribution >= 4 is 24.1 Å². The molecule has 2 aromatic rings. The normalized spacial score (nSPS) is 12.8. The number of hydrogen-bond acceptors (Lipinski definition) is 5. The van der Waals surface area contributed by atoms with Crippen LogP contribution in [0.3, 0.4) is 0 Å². The summed E-state index contributed by atoms with van der Waals surface area (Å²) in [7, 11) is 0. The van der Waals surface area contributed by atoms with E-state index in [4.69, 9.17) is 9.94 Å². The van der Waals surface area contributed by atoms with Crippen LogP contribution < -0.4 is 15.6 Å². The molecule has 132 valence electrons. The molecule has 3 rings (SSSR count). The Morgan fingerprint density at radius 1 is 1.15 bits per heavy atom. The lowest BCUT2D eigenvalue weighted by Gasteiger charge is -2.02. The molecular formula is C19H17N3O4. The Labute approximate surface area is 149 Å². The standard InChI is InChI=1S/C19H17N3O4/c23-18(22-25)7-5-13-2-1-3-16(10-13)19(24)21-20-12-14-4-6-17-15(11-14)8-9-26-17/h1-7,10-12,25H,8-9H2,(H,21,24)(H,22,23). The van der Waals surface area contributed by atoms with Crippen molar-refractivity contribution in [2.45, 2.75) is 6.42 Å². The third-order valence-electron chi connectivity index (χ3n) is 3.78. The molecule has 0 bridgehead atoms. The second-order valence-electron chi connectivity index (χ2n) is 5.60. The number of hydrazone groups is 1. The number of nitrogens with one attached hydrogen (secondary N) is 2. The molecule has 1 aliphatic rings. The Kier molecular flexibility index (Phi) is 5.40. The molecular weight excluding hydrogens is 334 g/mol. The maximum absolute atomic E-state index is 12.2. The largest absolute Gasteiger partial charge is 0.493 e.